The van der Waals surface area contributed by atoms with E-state index in [4.69, 9.17) is 14.2 Å². The highest BCUT2D eigenvalue weighted by molar-refractivity contribution is 5.89. The number of aliphatic hydroxyl groups excluding tert-OH is 3. The largest absolute Gasteiger partial charge is 0.508 e. The third kappa shape index (κ3) is 12.2. The number of carbonyl (C=O) groups is 3. The van der Waals surface area contributed by atoms with Crippen LogP contribution in [0.2, 0.25) is 0 Å². The summed E-state index contributed by atoms with van der Waals surface area (Å²) in [7, 11) is 1.17. The summed E-state index contributed by atoms with van der Waals surface area (Å²) in [5.41, 5.74) is -0.260. The van der Waals surface area contributed by atoms with E-state index in [9.17, 15) is 29.7 Å². The molecule has 2 amide bonds. The van der Waals surface area contributed by atoms with Crippen LogP contribution in [0.3, 0.4) is 0 Å². The number of carbonyl (C=O) groups excluding carboxylic acids is 3. The van der Waals surface area contributed by atoms with Crippen LogP contribution >= 0.6 is 0 Å². The van der Waals surface area contributed by atoms with Gasteiger partial charge in [-0.1, -0.05) is 60.1 Å². The minimum absolute atomic E-state index is 0. The van der Waals surface area contributed by atoms with Crippen molar-refractivity contribution in [1.82, 2.24) is 10.6 Å². The van der Waals surface area contributed by atoms with Gasteiger partial charge in [-0.05, 0) is 24.7 Å². The molecule has 5 N–H and O–H groups in total. The van der Waals surface area contributed by atoms with Crippen molar-refractivity contribution in [2.75, 3.05) is 20.3 Å². The van der Waals surface area contributed by atoms with Crippen LogP contribution < -0.4 is 10.6 Å². The molecule has 210 valence electrons. The number of rotatable bonds is 12. The molecule has 0 bridgehead atoms. The Labute approximate surface area is 214 Å². The summed E-state index contributed by atoms with van der Waals surface area (Å²) in [6, 6.07) is -0.968. The number of amides is 2. The molecule has 6 atom stereocenters. The number of ether oxygens (including phenoxy) is 3. The Bertz CT molecular complexity index is 708. The number of aliphatic hydroxyl groups is 3. The maximum Gasteiger partial charge on any atom is 0.508 e. The van der Waals surface area contributed by atoms with Gasteiger partial charge in [-0.15, -0.1) is 0 Å². The molecule has 11 nitrogen and oxygen atoms in total. The van der Waals surface area contributed by atoms with E-state index in [2.05, 4.69) is 10.6 Å². The fourth-order valence-corrected chi connectivity index (χ4v) is 3.38. The van der Waals surface area contributed by atoms with E-state index in [0.29, 0.717) is 0 Å². The minimum atomic E-state index is -1.76. The molecular weight excluding hydrogens is 472 g/mol. The molecule has 6 unspecified atom stereocenters. The predicted octanol–water partition coefficient (Wildman–Crippen LogP) is 1.43. The molecule has 0 saturated carbocycles. The van der Waals surface area contributed by atoms with E-state index in [1.807, 2.05) is 27.7 Å². The van der Waals surface area contributed by atoms with Crippen LogP contribution in [-0.4, -0.2) is 90.1 Å². The molecular formula is C25H46N2O9. The molecule has 1 fully saturated rings. The zero-order valence-electron chi connectivity index (χ0n) is 21.4. The molecule has 0 radical (unpaired) electrons. The number of methoxy groups -OCH3 is 1. The molecule has 0 spiro atoms. The molecule has 36 heavy (non-hydrogen) atoms. The third-order valence-electron chi connectivity index (χ3n) is 5.46. The van der Waals surface area contributed by atoms with E-state index in [1.165, 1.54) is 13.2 Å². The number of unbranched alkanes of at least 4 members (excludes halogenated alkanes) is 2. The lowest BCUT2D eigenvalue weighted by Crippen LogP contribution is -2.55. The Kier molecular flexibility index (Phi) is 15.5. The summed E-state index contributed by atoms with van der Waals surface area (Å²) in [6.45, 7) is 8.06. The Balaban J connectivity index is 0.0000122. The SMILES string of the molecule is C.CCCCCOC(=O)OC1CCC(NC(=O)C(OC)C(O)C(O)C(O)/C=C/C(C)(C)C)C(=O)NC1. The van der Waals surface area contributed by atoms with Crippen molar-refractivity contribution in [3.05, 3.63) is 12.2 Å². The molecule has 1 aliphatic heterocycles. The zero-order chi connectivity index (χ0) is 26.6. The van der Waals surface area contributed by atoms with Crippen LogP contribution in [0, 0.1) is 5.41 Å². The zero-order valence-corrected chi connectivity index (χ0v) is 21.4. The second kappa shape index (κ2) is 16.5. The smallest absolute Gasteiger partial charge is 0.434 e. The van der Waals surface area contributed by atoms with Crippen molar-refractivity contribution in [2.24, 2.45) is 5.41 Å². The van der Waals surface area contributed by atoms with Gasteiger partial charge in [0.15, 0.2) is 6.10 Å². The van der Waals surface area contributed by atoms with Gasteiger partial charge in [0.05, 0.1) is 13.2 Å². The second-order valence-corrected chi connectivity index (χ2v) is 9.78. The maximum absolute atomic E-state index is 12.7. The number of nitrogens with one attached hydrogen (secondary N) is 2. The summed E-state index contributed by atoms with van der Waals surface area (Å²) < 4.78 is 15.3. The first kappa shape index (κ1) is 33.8. The maximum atomic E-state index is 12.7. The highest BCUT2D eigenvalue weighted by Gasteiger charge is 2.37. The van der Waals surface area contributed by atoms with Crippen molar-refractivity contribution in [3.8, 4) is 0 Å². The molecule has 1 heterocycles. The molecule has 1 saturated heterocycles. The van der Waals surface area contributed by atoms with Crippen molar-refractivity contribution in [3.63, 3.8) is 0 Å². The van der Waals surface area contributed by atoms with E-state index in [0.717, 1.165) is 19.3 Å². The molecule has 0 aromatic rings. The highest BCUT2D eigenvalue weighted by atomic mass is 16.7. The topological polar surface area (TPSA) is 164 Å². The van der Waals surface area contributed by atoms with Crippen molar-refractivity contribution < 1.29 is 43.9 Å². The monoisotopic (exact) mass is 518 g/mol. The van der Waals surface area contributed by atoms with E-state index in [1.54, 1.807) is 6.08 Å². The first-order chi connectivity index (χ1) is 16.4. The van der Waals surface area contributed by atoms with E-state index >= 15 is 0 Å². The van der Waals surface area contributed by atoms with Crippen LogP contribution in [0.15, 0.2) is 12.2 Å². The van der Waals surface area contributed by atoms with Crippen LogP contribution in [0.5, 0.6) is 0 Å². The lowest BCUT2D eigenvalue weighted by molar-refractivity contribution is -0.150. The molecule has 0 aromatic carbocycles. The summed E-state index contributed by atoms with van der Waals surface area (Å²) in [5, 5.41) is 36.0. The van der Waals surface area contributed by atoms with Crippen molar-refractivity contribution in [1.29, 1.82) is 0 Å². The Hall–Kier alpha value is -2.21. The summed E-state index contributed by atoms with van der Waals surface area (Å²) in [5.74, 6) is -1.32. The minimum Gasteiger partial charge on any atom is -0.434 e. The fourth-order valence-electron chi connectivity index (χ4n) is 3.38. The van der Waals surface area contributed by atoms with Crippen LogP contribution in [0.1, 0.15) is 67.2 Å². The molecule has 11 heteroatoms. The van der Waals surface area contributed by atoms with Gasteiger partial charge in [0.2, 0.25) is 5.91 Å². The molecule has 1 rings (SSSR count). The quantitative estimate of drug-likeness (QED) is 0.146. The van der Waals surface area contributed by atoms with Gasteiger partial charge in [-0.25, -0.2) is 4.79 Å². The lowest BCUT2D eigenvalue weighted by atomic mass is 9.94. The van der Waals surface area contributed by atoms with Crippen LogP contribution in [-0.2, 0) is 23.8 Å². The van der Waals surface area contributed by atoms with E-state index in [-0.39, 0.29) is 38.8 Å². The second-order valence-electron chi connectivity index (χ2n) is 9.78. The Morgan fingerprint density at radius 1 is 1.17 bits per heavy atom. The first-order valence-corrected chi connectivity index (χ1v) is 12.1. The van der Waals surface area contributed by atoms with Gasteiger partial charge < -0.3 is 40.2 Å². The molecule has 1 aliphatic rings. The third-order valence-corrected chi connectivity index (χ3v) is 5.46. The standard InChI is InChI=1S/C24H42N2O9.CH4/c1-6-7-8-13-34-23(32)35-15-9-10-16(21(30)25-14-15)26-22(31)20(33-5)19(29)18(28)17(27)11-12-24(2,3)4;/h11-12,15-20,27-29H,6-10,13-14H2,1-5H3,(H,25,30)(H,26,31);1H4/b12-11+;. The van der Waals surface area contributed by atoms with Gasteiger partial charge in [0.25, 0.3) is 5.91 Å². The first-order valence-electron chi connectivity index (χ1n) is 12.1. The van der Waals surface area contributed by atoms with Gasteiger partial charge in [-0.2, -0.15) is 0 Å². The number of hydrogen-bond donors (Lipinski definition) is 5. The van der Waals surface area contributed by atoms with E-state index < -0.39 is 54.5 Å². The lowest BCUT2D eigenvalue weighted by Gasteiger charge is -2.28. The fraction of sp³-hybridized carbons (Fsp3) is 0.800. The summed E-state index contributed by atoms with van der Waals surface area (Å²) in [4.78, 5) is 37.0. The predicted molar refractivity (Wildman–Crippen MR) is 134 cm³/mol. The van der Waals surface area contributed by atoms with Gasteiger partial charge >= 0.3 is 6.16 Å². The molecule has 0 aromatic heterocycles. The van der Waals surface area contributed by atoms with Gasteiger partial charge in [-0.3, -0.25) is 9.59 Å². The summed E-state index contributed by atoms with van der Waals surface area (Å²) >= 11 is 0. The average molecular weight is 519 g/mol. The highest BCUT2D eigenvalue weighted by Crippen LogP contribution is 2.17. The normalized spacial score (nSPS) is 21.8. The van der Waals surface area contributed by atoms with Crippen LogP contribution in [0.4, 0.5) is 4.79 Å². The molecule has 0 aliphatic carbocycles. The van der Waals surface area contributed by atoms with Crippen molar-refractivity contribution >= 4 is 18.0 Å². The van der Waals surface area contributed by atoms with Gasteiger partial charge in [0.1, 0.15) is 30.5 Å². The summed E-state index contributed by atoms with van der Waals surface area (Å²) in [6.07, 6.45) is -1.72. The average Bonchev–Trinajstić information content (AvgIpc) is 2.96. The Morgan fingerprint density at radius 2 is 1.83 bits per heavy atom. The van der Waals surface area contributed by atoms with Crippen molar-refractivity contribution in [2.45, 2.75) is 104 Å². The number of allylic oxidation sites excluding steroid dienone is 1. The Morgan fingerprint density at radius 3 is 2.42 bits per heavy atom. The van der Waals surface area contributed by atoms with Crippen LogP contribution in [0.25, 0.3) is 0 Å². The van der Waals surface area contributed by atoms with Gasteiger partial charge in [0, 0.05) is 7.11 Å². The number of hydrogen-bond acceptors (Lipinski definition) is 9.